The van der Waals surface area contributed by atoms with Crippen LogP contribution < -0.4 is 10.6 Å². The van der Waals surface area contributed by atoms with E-state index < -0.39 is 0 Å². The summed E-state index contributed by atoms with van der Waals surface area (Å²) in [6.45, 7) is 6.57. The summed E-state index contributed by atoms with van der Waals surface area (Å²) in [7, 11) is 0. The number of hydrogen-bond acceptors (Lipinski definition) is 6. The summed E-state index contributed by atoms with van der Waals surface area (Å²) in [4.78, 5) is 24.3. The summed E-state index contributed by atoms with van der Waals surface area (Å²) >= 11 is 0. The first-order valence-electron chi connectivity index (χ1n) is 6.37. The molecule has 0 aromatic carbocycles. The van der Waals surface area contributed by atoms with Crippen molar-refractivity contribution in [2.24, 2.45) is 0 Å². The van der Waals surface area contributed by atoms with Gasteiger partial charge in [0.1, 0.15) is 17.3 Å². The third kappa shape index (κ3) is 3.31. The summed E-state index contributed by atoms with van der Waals surface area (Å²) in [5.41, 5.74) is 1.08. The predicted molar refractivity (Wildman–Crippen MR) is 73.3 cm³/mol. The highest BCUT2D eigenvalue weighted by atomic mass is 16.4. The smallest absolute Gasteiger partial charge is 0.272 e. The van der Waals surface area contributed by atoms with Crippen molar-refractivity contribution in [1.82, 2.24) is 20.3 Å². The highest BCUT2D eigenvalue weighted by Gasteiger charge is 2.11. The molecule has 0 atom stereocenters. The summed E-state index contributed by atoms with van der Waals surface area (Å²) in [6, 6.07) is 0. The predicted octanol–water partition coefficient (Wildman–Crippen LogP) is 1.44. The Kier molecular flexibility index (Phi) is 4.29. The van der Waals surface area contributed by atoms with Crippen LogP contribution in [0.4, 0.5) is 5.82 Å². The van der Waals surface area contributed by atoms with E-state index in [-0.39, 0.29) is 18.1 Å². The van der Waals surface area contributed by atoms with Crippen molar-refractivity contribution in [3.63, 3.8) is 0 Å². The van der Waals surface area contributed by atoms with E-state index in [0.717, 1.165) is 11.5 Å². The van der Waals surface area contributed by atoms with E-state index in [2.05, 4.69) is 25.6 Å². The van der Waals surface area contributed by atoms with Gasteiger partial charge in [-0.2, -0.15) is 0 Å². The standard InChI is InChI=1S/C13H17N5O2/c1-4-15-11-6-14-5-10(18-11)13(19)16-7-12-17-8(2)9(3)20-12/h5-6H,4,7H2,1-3H3,(H,15,18)(H,16,19). The summed E-state index contributed by atoms with van der Waals surface area (Å²) in [5, 5.41) is 5.70. The van der Waals surface area contributed by atoms with E-state index >= 15 is 0 Å². The average molecular weight is 275 g/mol. The summed E-state index contributed by atoms with van der Waals surface area (Å²) < 4.78 is 5.39. The van der Waals surface area contributed by atoms with Gasteiger partial charge in [-0.3, -0.25) is 9.78 Å². The molecule has 0 aliphatic carbocycles. The number of nitrogens with one attached hydrogen (secondary N) is 2. The molecule has 2 aromatic heterocycles. The molecule has 2 rings (SSSR count). The van der Waals surface area contributed by atoms with Crippen molar-refractivity contribution in [3.05, 3.63) is 35.4 Å². The fourth-order valence-corrected chi connectivity index (χ4v) is 1.60. The van der Waals surface area contributed by atoms with E-state index in [9.17, 15) is 4.79 Å². The Morgan fingerprint density at radius 3 is 2.75 bits per heavy atom. The molecule has 7 nitrogen and oxygen atoms in total. The van der Waals surface area contributed by atoms with Crippen LogP contribution in [-0.4, -0.2) is 27.4 Å². The molecule has 0 unspecified atom stereocenters. The number of amides is 1. The molecule has 1 amide bonds. The number of hydrogen-bond donors (Lipinski definition) is 2. The Balaban J connectivity index is 1.99. The zero-order valence-electron chi connectivity index (χ0n) is 11.7. The number of anilines is 1. The van der Waals surface area contributed by atoms with Gasteiger partial charge in [-0.05, 0) is 20.8 Å². The van der Waals surface area contributed by atoms with Crippen molar-refractivity contribution < 1.29 is 9.21 Å². The lowest BCUT2D eigenvalue weighted by Gasteiger charge is -2.04. The minimum Gasteiger partial charge on any atom is -0.444 e. The molecule has 0 saturated heterocycles. The van der Waals surface area contributed by atoms with Crippen LogP contribution in [0.25, 0.3) is 0 Å². The maximum Gasteiger partial charge on any atom is 0.272 e. The number of carbonyl (C=O) groups excluding carboxylic acids is 1. The van der Waals surface area contributed by atoms with E-state index in [1.54, 1.807) is 6.20 Å². The highest BCUT2D eigenvalue weighted by molar-refractivity contribution is 5.92. The van der Waals surface area contributed by atoms with Crippen molar-refractivity contribution in [2.45, 2.75) is 27.3 Å². The topological polar surface area (TPSA) is 92.9 Å². The summed E-state index contributed by atoms with van der Waals surface area (Å²) in [6.07, 6.45) is 2.99. The van der Waals surface area contributed by atoms with Gasteiger partial charge >= 0.3 is 0 Å². The van der Waals surface area contributed by atoms with E-state index in [4.69, 9.17) is 4.42 Å². The van der Waals surface area contributed by atoms with Crippen LogP contribution in [0.2, 0.25) is 0 Å². The highest BCUT2D eigenvalue weighted by Crippen LogP contribution is 2.08. The second kappa shape index (κ2) is 6.14. The van der Waals surface area contributed by atoms with Gasteiger partial charge in [0.05, 0.1) is 24.6 Å². The molecule has 2 heterocycles. The van der Waals surface area contributed by atoms with Crippen molar-refractivity contribution in [3.8, 4) is 0 Å². The fourth-order valence-electron chi connectivity index (χ4n) is 1.60. The number of nitrogens with zero attached hydrogens (tertiary/aromatic N) is 3. The normalized spacial score (nSPS) is 10.3. The van der Waals surface area contributed by atoms with E-state index in [0.29, 0.717) is 18.3 Å². The Bertz CT molecular complexity index is 589. The van der Waals surface area contributed by atoms with Gasteiger partial charge in [0.15, 0.2) is 0 Å². The lowest BCUT2D eigenvalue weighted by atomic mass is 10.4. The Morgan fingerprint density at radius 1 is 1.30 bits per heavy atom. The van der Waals surface area contributed by atoms with Crippen LogP contribution in [0.3, 0.4) is 0 Å². The molecule has 20 heavy (non-hydrogen) atoms. The van der Waals surface area contributed by atoms with Gasteiger partial charge in [-0.1, -0.05) is 0 Å². The molecule has 2 aromatic rings. The van der Waals surface area contributed by atoms with Crippen LogP contribution in [0.5, 0.6) is 0 Å². The molecular formula is C13H17N5O2. The molecule has 0 fully saturated rings. The quantitative estimate of drug-likeness (QED) is 0.857. The van der Waals surface area contributed by atoms with Crippen molar-refractivity contribution in [2.75, 3.05) is 11.9 Å². The van der Waals surface area contributed by atoms with Crippen molar-refractivity contribution >= 4 is 11.7 Å². The maximum absolute atomic E-state index is 12.0. The van der Waals surface area contributed by atoms with Crippen LogP contribution >= 0.6 is 0 Å². The number of aryl methyl sites for hydroxylation is 2. The van der Waals surface area contributed by atoms with Crippen LogP contribution in [0.15, 0.2) is 16.8 Å². The third-order valence-electron chi connectivity index (χ3n) is 2.70. The maximum atomic E-state index is 12.0. The lowest BCUT2D eigenvalue weighted by molar-refractivity contribution is 0.0942. The van der Waals surface area contributed by atoms with Gasteiger partial charge in [0.25, 0.3) is 5.91 Å². The second-order valence-corrected chi connectivity index (χ2v) is 4.25. The molecule has 106 valence electrons. The molecule has 0 radical (unpaired) electrons. The molecule has 0 saturated carbocycles. The molecule has 7 heteroatoms. The largest absolute Gasteiger partial charge is 0.444 e. The average Bonchev–Trinajstić information content (AvgIpc) is 2.76. The fraction of sp³-hybridized carbons (Fsp3) is 0.385. The van der Waals surface area contributed by atoms with E-state index in [1.165, 1.54) is 6.20 Å². The Morgan fingerprint density at radius 2 is 2.10 bits per heavy atom. The number of rotatable bonds is 5. The van der Waals surface area contributed by atoms with Crippen LogP contribution in [0.1, 0.15) is 34.8 Å². The Hall–Kier alpha value is -2.44. The lowest BCUT2D eigenvalue weighted by Crippen LogP contribution is -2.24. The first-order chi connectivity index (χ1) is 9.60. The second-order valence-electron chi connectivity index (χ2n) is 4.25. The SMILES string of the molecule is CCNc1cncc(C(=O)NCc2nc(C)c(C)o2)n1. The van der Waals surface area contributed by atoms with Gasteiger partial charge in [-0.25, -0.2) is 9.97 Å². The van der Waals surface area contributed by atoms with Crippen LogP contribution in [-0.2, 0) is 6.54 Å². The molecule has 0 spiro atoms. The monoisotopic (exact) mass is 275 g/mol. The van der Waals surface area contributed by atoms with Gasteiger partial charge in [-0.15, -0.1) is 0 Å². The zero-order chi connectivity index (χ0) is 14.5. The van der Waals surface area contributed by atoms with E-state index in [1.807, 2.05) is 20.8 Å². The number of oxazole rings is 1. The molecule has 0 aliphatic heterocycles. The minimum absolute atomic E-state index is 0.223. The number of aromatic nitrogens is 3. The first-order valence-corrected chi connectivity index (χ1v) is 6.37. The molecule has 0 bridgehead atoms. The summed E-state index contributed by atoms with van der Waals surface area (Å²) in [5.74, 6) is 1.49. The molecule has 0 aliphatic rings. The first kappa shape index (κ1) is 14.0. The van der Waals surface area contributed by atoms with Gasteiger partial charge < -0.3 is 15.1 Å². The molecule has 2 N–H and O–H groups in total. The van der Waals surface area contributed by atoms with Gasteiger partial charge in [0, 0.05) is 6.54 Å². The Labute approximate surface area is 116 Å². The third-order valence-corrected chi connectivity index (χ3v) is 2.70. The van der Waals surface area contributed by atoms with Gasteiger partial charge in [0.2, 0.25) is 5.89 Å². The van der Waals surface area contributed by atoms with Crippen molar-refractivity contribution in [1.29, 1.82) is 0 Å². The number of carbonyl (C=O) groups is 1. The molecular weight excluding hydrogens is 258 g/mol. The zero-order valence-corrected chi connectivity index (χ0v) is 11.7. The minimum atomic E-state index is -0.314. The van der Waals surface area contributed by atoms with Crippen LogP contribution in [0, 0.1) is 13.8 Å².